The Morgan fingerprint density at radius 3 is 2.86 bits per heavy atom. The Kier molecular flexibility index (Phi) is 4.96. The van der Waals surface area contributed by atoms with Crippen LogP contribution in [0.25, 0.3) is 0 Å². The lowest BCUT2D eigenvalue weighted by Crippen LogP contribution is -2.23. The van der Waals surface area contributed by atoms with Gasteiger partial charge in [0.15, 0.2) is 0 Å². The second kappa shape index (κ2) is 7.12. The number of hydrogen-bond donors (Lipinski definition) is 2. The SMILES string of the molecule is Cc1cnc(CNC(=O)c2cncc(C#CCO)c2)cn1. The number of aliphatic hydroxyl groups is 1. The van der Waals surface area contributed by atoms with Gasteiger partial charge in [-0.05, 0) is 13.0 Å². The van der Waals surface area contributed by atoms with Crippen LogP contribution in [0.4, 0.5) is 0 Å². The highest BCUT2D eigenvalue weighted by molar-refractivity contribution is 5.94. The van der Waals surface area contributed by atoms with Gasteiger partial charge >= 0.3 is 0 Å². The molecule has 2 N–H and O–H groups in total. The Morgan fingerprint density at radius 2 is 2.14 bits per heavy atom. The minimum Gasteiger partial charge on any atom is -0.384 e. The molecule has 0 saturated heterocycles. The highest BCUT2D eigenvalue weighted by Gasteiger charge is 2.06. The van der Waals surface area contributed by atoms with Gasteiger partial charge in [-0.3, -0.25) is 19.7 Å². The lowest BCUT2D eigenvalue weighted by atomic mass is 10.2. The van der Waals surface area contributed by atoms with E-state index in [2.05, 4.69) is 32.1 Å². The quantitative estimate of drug-likeness (QED) is 0.798. The Labute approximate surface area is 122 Å². The number of nitrogens with zero attached hydrogens (tertiary/aromatic N) is 3. The van der Waals surface area contributed by atoms with E-state index in [1.165, 1.54) is 12.4 Å². The monoisotopic (exact) mass is 282 g/mol. The molecular formula is C15H14N4O2. The average molecular weight is 282 g/mol. The Balaban J connectivity index is 2.01. The number of nitrogens with one attached hydrogen (secondary N) is 1. The number of carbonyl (C=O) groups excluding carboxylic acids is 1. The molecule has 0 radical (unpaired) electrons. The van der Waals surface area contributed by atoms with E-state index in [1.807, 2.05) is 6.92 Å². The zero-order valence-electron chi connectivity index (χ0n) is 11.5. The highest BCUT2D eigenvalue weighted by atomic mass is 16.2. The zero-order chi connectivity index (χ0) is 15.1. The van der Waals surface area contributed by atoms with Crippen molar-refractivity contribution in [2.45, 2.75) is 13.5 Å². The summed E-state index contributed by atoms with van der Waals surface area (Å²) in [5, 5.41) is 11.4. The molecule has 0 fully saturated rings. The Morgan fingerprint density at radius 1 is 1.29 bits per heavy atom. The third-order valence-electron chi connectivity index (χ3n) is 2.58. The molecule has 0 atom stereocenters. The standard InChI is InChI=1S/C15H14N4O2/c1-11-6-18-14(9-17-11)10-19-15(21)13-5-12(3-2-4-20)7-16-8-13/h5-9,20H,4,10H2,1H3,(H,19,21). The van der Waals surface area contributed by atoms with Gasteiger partial charge < -0.3 is 10.4 Å². The van der Waals surface area contributed by atoms with E-state index in [4.69, 9.17) is 5.11 Å². The van der Waals surface area contributed by atoms with E-state index < -0.39 is 0 Å². The van der Waals surface area contributed by atoms with Gasteiger partial charge in [0.1, 0.15) is 6.61 Å². The summed E-state index contributed by atoms with van der Waals surface area (Å²) in [5.74, 6) is 4.95. The fourth-order valence-electron chi connectivity index (χ4n) is 1.56. The fraction of sp³-hybridized carbons (Fsp3) is 0.200. The van der Waals surface area contributed by atoms with Crippen molar-refractivity contribution in [1.82, 2.24) is 20.3 Å². The summed E-state index contributed by atoms with van der Waals surface area (Å²) in [5.41, 5.74) is 2.48. The van der Waals surface area contributed by atoms with E-state index in [-0.39, 0.29) is 12.5 Å². The smallest absolute Gasteiger partial charge is 0.253 e. The molecule has 0 spiro atoms. The van der Waals surface area contributed by atoms with Crippen molar-refractivity contribution >= 4 is 5.91 Å². The van der Waals surface area contributed by atoms with Gasteiger partial charge in [-0.15, -0.1) is 0 Å². The summed E-state index contributed by atoms with van der Waals surface area (Å²) in [6, 6.07) is 1.62. The topological polar surface area (TPSA) is 88.0 Å². The molecule has 2 heterocycles. The highest BCUT2D eigenvalue weighted by Crippen LogP contribution is 2.02. The first-order valence-electron chi connectivity index (χ1n) is 6.29. The van der Waals surface area contributed by atoms with Crippen LogP contribution in [0, 0.1) is 18.8 Å². The van der Waals surface area contributed by atoms with Gasteiger partial charge in [0.2, 0.25) is 0 Å². The number of aryl methyl sites for hydroxylation is 1. The molecule has 6 nitrogen and oxygen atoms in total. The van der Waals surface area contributed by atoms with Crippen molar-refractivity contribution in [2.24, 2.45) is 0 Å². The van der Waals surface area contributed by atoms with Crippen LogP contribution >= 0.6 is 0 Å². The second-order valence-electron chi connectivity index (χ2n) is 4.25. The van der Waals surface area contributed by atoms with Crippen LogP contribution in [0.2, 0.25) is 0 Å². The first-order valence-corrected chi connectivity index (χ1v) is 6.29. The molecule has 2 rings (SSSR count). The summed E-state index contributed by atoms with van der Waals surface area (Å²) < 4.78 is 0. The Bertz CT molecular complexity index is 687. The fourth-order valence-corrected chi connectivity index (χ4v) is 1.56. The van der Waals surface area contributed by atoms with Crippen LogP contribution < -0.4 is 5.32 Å². The van der Waals surface area contributed by atoms with Crippen molar-refractivity contribution in [3.05, 3.63) is 53.4 Å². The van der Waals surface area contributed by atoms with E-state index >= 15 is 0 Å². The number of hydrogen-bond acceptors (Lipinski definition) is 5. The molecule has 0 aliphatic heterocycles. The summed E-state index contributed by atoms with van der Waals surface area (Å²) >= 11 is 0. The van der Waals surface area contributed by atoms with Crippen LogP contribution in [-0.4, -0.2) is 32.6 Å². The van der Waals surface area contributed by atoms with Gasteiger partial charge in [0, 0.05) is 24.2 Å². The van der Waals surface area contributed by atoms with Gasteiger partial charge in [-0.25, -0.2) is 0 Å². The molecule has 21 heavy (non-hydrogen) atoms. The molecule has 2 aromatic heterocycles. The van der Waals surface area contributed by atoms with E-state index in [1.54, 1.807) is 18.5 Å². The van der Waals surface area contributed by atoms with Crippen LogP contribution in [0.5, 0.6) is 0 Å². The van der Waals surface area contributed by atoms with Crippen LogP contribution in [0.1, 0.15) is 27.3 Å². The number of pyridine rings is 1. The number of carbonyl (C=O) groups is 1. The van der Waals surface area contributed by atoms with Crippen LogP contribution in [-0.2, 0) is 6.54 Å². The van der Waals surface area contributed by atoms with Crippen molar-refractivity contribution in [1.29, 1.82) is 0 Å². The Hall–Kier alpha value is -2.78. The zero-order valence-corrected chi connectivity index (χ0v) is 11.5. The third kappa shape index (κ3) is 4.37. The molecule has 6 heteroatoms. The first kappa shape index (κ1) is 14.6. The van der Waals surface area contributed by atoms with Gasteiger partial charge in [-0.1, -0.05) is 11.8 Å². The van der Waals surface area contributed by atoms with Crippen LogP contribution in [0.3, 0.4) is 0 Å². The third-order valence-corrected chi connectivity index (χ3v) is 2.58. The molecule has 0 aliphatic rings. The average Bonchev–Trinajstić information content (AvgIpc) is 2.52. The van der Waals surface area contributed by atoms with Crippen molar-refractivity contribution in [2.75, 3.05) is 6.61 Å². The van der Waals surface area contributed by atoms with Gasteiger partial charge in [0.05, 0.1) is 29.7 Å². The van der Waals surface area contributed by atoms with Crippen LogP contribution in [0.15, 0.2) is 30.9 Å². The maximum Gasteiger partial charge on any atom is 0.253 e. The van der Waals surface area contributed by atoms with Gasteiger partial charge in [-0.2, -0.15) is 0 Å². The van der Waals surface area contributed by atoms with Crippen molar-refractivity contribution in [3.63, 3.8) is 0 Å². The molecule has 0 aromatic carbocycles. The van der Waals surface area contributed by atoms with Crippen molar-refractivity contribution < 1.29 is 9.90 Å². The van der Waals surface area contributed by atoms with E-state index in [0.29, 0.717) is 23.4 Å². The first-order chi connectivity index (χ1) is 10.2. The molecule has 106 valence electrons. The number of amides is 1. The largest absolute Gasteiger partial charge is 0.384 e. The molecule has 2 aromatic rings. The molecule has 0 unspecified atom stereocenters. The lowest BCUT2D eigenvalue weighted by molar-refractivity contribution is 0.0950. The predicted octanol–water partition coefficient (Wildman–Crippen LogP) is 0.454. The van der Waals surface area contributed by atoms with E-state index in [0.717, 1.165) is 5.69 Å². The number of aliphatic hydroxyl groups excluding tert-OH is 1. The minimum atomic E-state index is -0.266. The normalized spacial score (nSPS) is 9.62. The minimum absolute atomic E-state index is 0.234. The number of rotatable bonds is 3. The molecule has 0 aliphatic carbocycles. The summed E-state index contributed by atoms with van der Waals surface area (Å²) in [4.78, 5) is 24.2. The second-order valence-corrected chi connectivity index (χ2v) is 4.25. The molecule has 0 bridgehead atoms. The molecular weight excluding hydrogens is 268 g/mol. The van der Waals surface area contributed by atoms with Crippen molar-refractivity contribution in [3.8, 4) is 11.8 Å². The summed E-state index contributed by atoms with van der Waals surface area (Å²) in [6.45, 7) is 1.90. The summed E-state index contributed by atoms with van der Waals surface area (Å²) in [7, 11) is 0. The molecule has 1 amide bonds. The summed E-state index contributed by atoms with van der Waals surface area (Å²) in [6.07, 6.45) is 6.26. The molecule has 0 saturated carbocycles. The van der Waals surface area contributed by atoms with E-state index in [9.17, 15) is 4.79 Å². The predicted molar refractivity (Wildman–Crippen MR) is 76.1 cm³/mol. The van der Waals surface area contributed by atoms with Gasteiger partial charge in [0.25, 0.3) is 5.91 Å². The number of aromatic nitrogens is 3. The lowest BCUT2D eigenvalue weighted by Gasteiger charge is -2.05. The maximum atomic E-state index is 12.0. The maximum absolute atomic E-state index is 12.0.